The smallest absolute Gasteiger partial charge is 0.155 e. The molecule has 33 heavy (non-hydrogen) atoms. The number of hydrogen-bond donors (Lipinski definition) is 1. The predicted octanol–water partition coefficient (Wildman–Crippen LogP) is 6.76. The van der Waals surface area contributed by atoms with Crippen LogP contribution in [0.1, 0.15) is 25.0 Å². The fraction of sp³-hybridized carbons (Fsp3) is 0.143. The fourth-order valence-electron chi connectivity index (χ4n) is 4.27. The summed E-state index contributed by atoms with van der Waals surface area (Å²) in [5.74, 6) is -0.0625. The fourth-order valence-corrected chi connectivity index (χ4v) is 4.27. The Morgan fingerprint density at radius 3 is 2.36 bits per heavy atom. The first-order valence-electron chi connectivity index (χ1n) is 10.5. The Balaban J connectivity index is 0.000000337. The van der Waals surface area contributed by atoms with Gasteiger partial charge in [0.25, 0.3) is 0 Å². The van der Waals surface area contributed by atoms with Crippen molar-refractivity contribution in [2.75, 3.05) is 0 Å². The molecule has 2 aromatic heterocycles. The van der Waals surface area contributed by atoms with E-state index in [9.17, 15) is 4.79 Å². The monoisotopic (exact) mass is 614 g/mol. The van der Waals surface area contributed by atoms with E-state index in [0.29, 0.717) is 0 Å². The van der Waals surface area contributed by atoms with E-state index in [2.05, 4.69) is 77.8 Å². The molecule has 5 aromatic rings. The zero-order valence-electron chi connectivity index (χ0n) is 19.0. The van der Waals surface area contributed by atoms with E-state index >= 15 is 0 Å². The molecule has 4 nitrogen and oxygen atoms in total. The van der Waals surface area contributed by atoms with Crippen LogP contribution in [-0.2, 0) is 24.9 Å². The molecule has 5 heteroatoms. The second-order valence-corrected chi connectivity index (χ2v) is 7.94. The Morgan fingerprint density at radius 1 is 1.03 bits per heavy atom. The van der Waals surface area contributed by atoms with Gasteiger partial charge in [0.2, 0.25) is 0 Å². The van der Waals surface area contributed by atoms with Gasteiger partial charge < -0.3 is 9.51 Å². The van der Waals surface area contributed by atoms with Gasteiger partial charge >= 0.3 is 0 Å². The number of aryl methyl sites for hydroxylation is 2. The molecule has 2 heterocycles. The third-order valence-corrected chi connectivity index (χ3v) is 5.46. The van der Waals surface area contributed by atoms with Gasteiger partial charge in [-0.1, -0.05) is 52.7 Å². The van der Waals surface area contributed by atoms with E-state index in [1.807, 2.05) is 18.5 Å². The minimum atomic E-state index is -0.125. The Kier molecular flexibility index (Phi) is 7.47. The number of rotatable bonds is 2. The molecule has 0 saturated heterocycles. The maximum Gasteiger partial charge on any atom is 0.155 e. The van der Waals surface area contributed by atoms with Gasteiger partial charge in [0.1, 0.15) is 0 Å². The number of hydrogen-bond acceptors (Lipinski definition) is 3. The zero-order chi connectivity index (χ0) is 22.8. The van der Waals surface area contributed by atoms with Crippen molar-refractivity contribution in [3.8, 4) is 11.1 Å². The average molecular weight is 614 g/mol. The molecular formula is C28H25IrN2O2-. The number of aromatic nitrogens is 2. The van der Waals surface area contributed by atoms with Crippen molar-refractivity contribution in [3.05, 3.63) is 96.0 Å². The molecular weight excluding hydrogens is 589 g/mol. The molecule has 0 aliphatic heterocycles. The number of nitrogens with zero attached hydrogens (tertiary/aromatic N) is 2. The molecule has 0 atom stereocenters. The van der Waals surface area contributed by atoms with Crippen LogP contribution in [0.15, 0.2) is 78.8 Å². The van der Waals surface area contributed by atoms with E-state index in [0.717, 1.165) is 11.0 Å². The molecule has 1 radical (unpaired) electrons. The number of allylic oxidation sites excluding steroid dienone is 2. The summed E-state index contributed by atoms with van der Waals surface area (Å²) in [6, 6.07) is 22.7. The second kappa shape index (κ2) is 10.1. The molecule has 0 amide bonds. The predicted molar refractivity (Wildman–Crippen MR) is 131 cm³/mol. The third-order valence-electron chi connectivity index (χ3n) is 5.46. The van der Waals surface area contributed by atoms with Crippen molar-refractivity contribution < 1.29 is 30.0 Å². The van der Waals surface area contributed by atoms with Crippen molar-refractivity contribution in [3.63, 3.8) is 0 Å². The molecule has 0 unspecified atom stereocenters. The van der Waals surface area contributed by atoms with Gasteiger partial charge in [0.05, 0.1) is 11.4 Å². The maximum atomic E-state index is 10.0. The number of carbonyl (C=O) groups is 1. The summed E-state index contributed by atoms with van der Waals surface area (Å²) < 4.78 is 2.16. The molecule has 169 valence electrons. The van der Waals surface area contributed by atoms with Gasteiger partial charge in [0.15, 0.2) is 5.78 Å². The van der Waals surface area contributed by atoms with Gasteiger partial charge in [-0.15, -0.1) is 18.2 Å². The van der Waals surface area contributed by atoms with E-state index < -0.39 is 0 Å². The molecule has 0 saturated carbocycles. The molecule has 5 rings (SSSR count). The number of pyridine rings is 1. The first kappa shape index (κ1) is 24.4. The summed E-state index contributed by atoms with van der Waals surface area (Å²) in [4.78, 5) is 14.6. The number of ketones is 1. The van der Waals surface area contributed by atoms with Crippen molar-refractivity contribution in [2.24, 2.45) is 0 Å². The third kappa shape index (κ3) is 4.75. The molecule has 0 fully saturated rings. The number of fused-ring (bicyclic) bond motifs is 6. The second-order valence-electron chi connectivity index (χ2n) is 7.94. The van der Waals surface area contributed by atoms with Crippen molar-refractivity contribution in [2.45, 2.75) is 27.7 Å². The van der Waals surface area contributed by atoms with Crippen LogP contribution in [-0.4, -0.2) is 20.3 Å². The zero-order valence-corrected chi connectivity index (χ0v) is 21.4. The Hall–Kier alpha value is -3.27. The van der Waals surface area contributed by atoms with Crippen LogP contribution < -0.4 is 0 Å². The summed E-state index contributed by atoms with van der Waals surface area (Å²) in [5, 5.41) is 11.9. The van der Waals surface area contributed by atoms with Gasteiger partial charge in [-0.05, 0) is 55.8 Å². The number of benzene rings is 3. The van der Waals surface area contributed by atoms with Crippen LogP contribution in [0.4, 0.5) is 0 Å². The molecule has 0 spiro atoms. The Bertz CT molecular complexity index is 1470. The molecule has 0 bridgehead atoms. The van der Waals surface area contributed by atoms with E-state index in [-0.39, 0.29) is 31.6 Å². The normalized spacial score (nSPS) is 11.2. The maximum absolute atomic E-state index is 10.0. The quantitative estimate of drug-likeness (QED) is 0.104. The number of carbonyl (C=O) groups excluding carboxylic acids is 1. The van der Waals surface area contributed by atoms with Crippen LogP contribution in [0.3, 0.4) is 0 Å². The molecule has 1 N–H and O–H groups in total. The summed E-state index contributed by atoms with van der Waals surface area (Å²) >= 11 is 0. The van der Waals surface area contributed by atoms with Crippen molar-refractivity contribution >= 4 is 33.1 Å². The van der Waals surface area contributed by atoms with Crippen LogP contribution >= 0.6 is 0 Å². The van der Waals surface area contributed by atoms with Gasteiger partial charge in [-0.3, -0.25) is 9.78 Å². The van der Waals surface area contributed by atoms with Crippen LogP contribution in [0.2, 0.25) is 0 Å². The summed E-state index contributed by atoms with van der Waals surface area (Å²) in [6.07, 6.45) is 5.05. The van der Waals surface area contributed by atoms with Crippen molar-refractivity contribution in [1.29, 1.82) is 0 Å². The van der Waals surface area contributed by atoms with Crippen LogP contribution in [0.25, 0.3) is 38.4 Å². The average Bonchev–Trinajstić information content (AvgIpc) is 3.24. The van der Waals surface area contributed by atoms with Gasteiger partial charge in [0, 0.05) is 44.1 Å². The largest absolute Gasteiger partial charge is 0.512 e. The molecule has 0 aliphatic rings. The minimum absolute atomic E-state index is 0. The Morgan fingerprint density at radius 2 is 1.73 bits per heavy atom. The topological polar surface area (TPSA) is 54.6 Å². The number of aliphatic hydroxyl groups excluding tert-OH is 1. The first-order valence-corrected chi connectivity index (χ1v) is 10.5. The number of aliphatic hydroxyl groups is 1. The van der Waals surface area contributed by atoms with E-state index in [4.69, 9.17) is 5.11 Å². The first-order chi connectivity index (χ1) is 15.4. The summed E-state index contributed by atoms with van der Waals surface area (Å²) in [5.41, 5.74) is 7.28. The molecule has 0 aliphatic carbocycles. The SMILES string of the molecule is CC(=O)/C=C(/C)O.Cc1cccc(C)c1-c1cc[c-]c2c1c1ccccc1n1ccnc21.[Ir]. The van der Waals surface area contributed by atoms with Crippen LogP contribution in [0.5, 0.6) is 0 Å². The number of para-hydroxylation sites is 1. The summed E-state index contributed by atoms with van der Waals surface area (Å²) in [7, 11) is 0. The van der Waals surface area contributed by atoms with Crippen LogP contribution in [0, 0.1) is 19.9 Å². The molecule has 3 aromatic carbocycles. The van der Waals surface area contributed by atoms with Crippen molar-refractivity contribution in [1.82, 2.24) is 9.38 Å². The van der Waals surface area contributed by atoms with E-state index in [1.165, 1.54) is 58.5 Å². The van der Waals surface area contributed by atoms with E-state index in [1.54, 1.807) is 0 Å². The van der Waals surface area contributed by atoms with Gasteiger partial charge in [-0.2, -0.15) is 0 Å². The van der Waals surface area contributed by atoms with Gasteiger partial charge in [-0.25, -0.2) is 0 Å². The standard InChI is InChI=1S/C23H17N2.C5H8O2.Ir/c1-15-7-5-8-16(2)21(15)18-10-6-11-19-22(18)17-9-3-4-12-20(17)25-14-13-24-23(19)25;1-4(6)3-5(2)7;/h3-10,12-14H,1-2H3;3,6H,1-2H3;/q-1;;/b;4-3-;. The summed E-state index contributed by atoms with van der Waals surface area (Å²) in [6.45, 7) is 7.21. The Labute approximate surface area is 206 Å². The minimum Gasteiger partial charge on any atom is -0.512 e. The number of imidazole rings is 1.